The Balaban J connectivity index is 1.99. The van der Waals surface area contributed by atoms with E-state index in [9.17, 15) is 4.79 Å². The van der Waals surface area contributed by atoms with Gasteiger partial charge in [0.1, 0.15) is 28.6 Å². The zero-order chi connectivity index (χ0) is 19.6. The van der Waals surface area contributed by atoms with Crippen LogP contribution in [0.15, 0.2) is 59.5 Å². The van der Waals surface area contributed by atoms with Crippen molar-refractivity contribution in [2.45, 2.75) is 20.8 Å². The van der Waals surface area contributed by atoms with Gasteiger partial charge in [-0.25, -0.2) is 0 Å². The zero-order valence-corrected chi connectivity index (χ0v) is 16.0. The van der Waals surface area contributed by atoms with Gasteiger partial charge in [0, 0.05) is 17.0 Å². The molecule has 3 rings (SSSR count). The number of ketones is 1. The smallest absolute Gasteiger partial charge is 0.163 e. The van der Waals surface area contributed by atoms with Crippen molar-refractivity contribution in [1.82, 2.24) is 0 Å². The number of furan rings is 1. The summed E-state index contributed by atoms with van der Waals surface area (Å²) in [6, 6.07) is 11.3. The molecule has 0 unspecified atom stereocenters. The quantitative estimate of drug-likeness (QED) is 0.313. The third-order valence-electron chi connectivity index (χ3n) is 4.39. The molecule has 0 aliphatic carbocycles. The summed E-state index contributed by atoms with van der Waals surface area (Å²) in [5, 5.41) is 0.794. The molecule has 4 heteroatoms. The highest BCUT2D eigenvalue weighted by molar-refractivity contribution is 6.07. The van der Waals surface area contributed by atoms with Gasteiger partial charge in [0.05, 0.1) is 12.7 Å². The number of methoxy groups -OCH3 is 1. The zero-order valence-electron chi connectivity index (χ0n) is 16.0. The van der Waals surface area contributed by atoms with E-state index in [4.69, 9.17) is 13.9 Å². The lowest BCUT2D eigenvalue weighted by atomic mass is 10.1. The number of allylic oxidation sites excluding steroid dienone is 2. The molecule has 0 atom stereocenters. The second-order valence-electron chi connectivity index (χ2n) is 6.30. The van der Waals surface area contributed by atoms with Gasteiger partial charge in [0.15, 0.2) is 5.78 Å². The highest BCUT2D eigenvalue weighted by Gasteiger charge is 2.16. The fourth-order valence-electron chi connectivity index (χ4n) is 3.15. The molecule has 138 valence electrons. The van der Waals surface area contributed by atoms with Crippen LogP contribution in [0.5, 0.6) is 11.5 Å². The monoisotopic (exact) mass is 362 g/mol. The number of benzene rings is 2. The molecule has 0 radical (unpaired) electrons. The van der Waals surface area contributed by atoms with Crippen molar-refractivity contribution in [2.75, 3.05) is 7.11 Å². The maximum atomic E-state index is 11.8. The average molecular weight is 362 g/mol. The number of Topliss-reactive ketones (excluding diaryl/α,β-unsaturated/α-hetero) is 1. The van der Waals surface area contributed by atoms with E-state index in [0.717, 1.165) is 22.3 Å². The van der Waals surface area contributed by atoms with Crippen LogP contribution in [-0.2, 0) is 0 Å². The minimum Gasteiger partial charge on any atom is -0.497 e. The van der Waals surface area contributed by atoms with Crippen molar-refractivity contribution >= 4 is 22.5 Å². The Morgan fingerprint density at radius 2 is 1.85 bits per heavy atom. The second-order valence-corrected chi connectivity index (χ2v) is 6.30. The number of hydrogen-bond acceptors (Lipinski definition) is 4. The Labute approximate surface area is 158 Å². The first-order valence-corrected chi connectivity index (χ1v) is 8.64. The average Bonchev–Trinajstić information content (AvgIpc) is 2.96. The van der Waals surface area contributed by atoms with Crippen LogP contribution in [0.3, 0.4) is 0 Å². The van der Waals surface area contributed by atoms with Crippen molar-refractivity contribution in [3.8, 4) is 11.5 Å². The van der Waals surface area contributed by atoms with E-state index in [1.54, 1.807) is 33.1 Å². The van der Waals surface area contributed by atoms with Gasteiger partial charge in [0.25, 0.3) is 0 Å². The predicted molar refractivity (Wildman–Crippen MR) is 107 cm³/mol. The fraction of sp³-hybridized carbons (Fsp3) is 0.174. The largest absolute Gasteiger partial charge is 0.497 e. The summed E-state index contributed by atoms with van der Waals surface area (Å²) in [5.41, 5.74) is 3.20. The van der Waals surface area contributed by atoms with Crippen LogP contribution in [0, 0.1) is 13.8 Å². The Morgan fingerprint density at radius 3 is 2.48 bits per heavy atom. The first-order chi connectivity index (χ1) is 12.9. The van der Waals surface area contributed by atoms with Gasteiger partial charge in [0.2, 0.25) is 0 Å². The van der Waals surface area contributed by atoms with Gasteiger partial charge in [-0.2, -0.15) is 0 Å². The molecule has 0 saturated carbocycles. The first kappa shape index (κ1) is 18.5. The Bertz CT molecular complexity index is 1050. The number of hydrogen-bond donors (Lipinski definition) is 0. The van der Waals surface area contributed by atoms with E-state index in [2.05, 4.69) is 6.58 Å². The number of rotatable bonds is 6. The topological polar surface area (TPSA) is 48.7 Å². The predicted octanol–water partition coefficient (Wildman–Crippen LogP) is 5.87. The minimum atomic E-state index is -0.0129. The summed E-state index contributed by atoms with van der Waals surface area (Å²) in [5.74, 6) is 2.68. The molecular weight excluding hydrogens is 340 g/mol. The summed E-state index contributed by atoms with van der Waals surface area (Å²) >= 11 is 0. The molecule has 0 aliphatic heterocycles. The molecule has 0 fully saturated rings. The Kier molecular flexibility index (Phi) is 5.17. The maximum absolute atomic E-state index is 11.8. The molecule has 1 aromatic heterocycles. The summed E-state index contributed by atoms with van der Waals surface area (Å²) in [6.45, 7) is 9.11. The minimum absolute atomic E-state index is 0.0129. The van der Waals surface area contributed by atoms with Gasteiger partial charge in [-0.05, 0) is 62.7 Å². The molecule has 1 heterocycles. The van der Waals surface area contributed by atoms with E-state index in [1.807, 2.05) is 43.3 Å². The van der Waals surface area contributed by atoms with Crippen LogP contribution in [0.1, 0.15) is 34.2 Å². The Hall–Kier alpha value is -3.27. The summed E-state index contributed by atoms with van der Waals surface area (Å²) in [4.78, 5) is 11.8. The number of fused-ring (bicyclic) bond motifs is 1. The van der Waals surface area contributed by atoms with Crippen molar-refractivity contribution < 1.29 is 18.7 Å². The number of aryl methyl sites for hydroxylation is 2. The highest BCUT2D eigenvalue weighted by Crippen LogP contribution is 2.32. The van der Waals surface area contributed by atoms with Crippen LogP contribution in [0.25, 0.3) is 16.7 Å². The van der Waals surface area contributed by atoms with E-state index >= 15 is 0 Å². The van der Waals surface area contributed by atoms with E-state index in [1.165, 1.54) is 0 Å². The molecule has 2 aromatic carbocycles. The van der Waals surface area contributed by atoms with Gasteiger partial charge in [-0.15, -0.1) is 0 Å². The van der Waals surface area contributed by atoms with Crippen LogP contribution in [-0.4, -0.2) is 12.9 Å². The molecule has 0 N–H and O–H groups in total. The first-order valence-electron chi connectivity index (χ1n) is 8.64. The van der Waals surface area contributed by atoms with Crippen molar-refractivity contribution in [1.29, 1.82) is 0 Å². The molecule has 0 amide bonds. The van der Waals surface area contributed by atoms with Crippen LogP contribution < -0.4 is 9.47 Å². The number of ether oxygens (including phenoxy) is 2. The lowest BCUT2D eigenvalue weighted by molar-refractivity contribution is 0.101. The summed E-state index contributed by atoms with van der Waals surface area (Å²) in [7, 11) is 1.64. The summed E-state index contributed by atoms with van der Waals surface area (Å²) < 4.78 is 17.1. The molecular formula is C23H22O4. The molecule has 27 heavy (non-hydrogen) atoms. The van der Waals surface area contributed by atoms with Crippen molar-refractivity contribution in [3.05, 3.63) is 77.6 Å². The van der Waals surface area contributed by atoms with Crippen LogP contribution >= 0.6 is 0 Å². The molecule has 0 bridgehead atoms. The van der Waals surface area contributed by atoms with E-state index in [-0.39, 0.29) is 5.78 Å². The number of carbonyl (C=O) groups is 1. The fourth-order valence-corrected chi connectivity index (χ4v) is 3.15. The van der Waals surface area contributed by atoms with Gasteiger partial charge in [-0.3, -0.25) is 4.79 Å². The van der Waals surface area contributed by atoms with Gasteiger partial charge in [-0.1, -0.05) is 12.7 Å². The highest BCUT2D eigenvalue weighted by atomic mass is 16.5. The van der Waals surface area contributed by atoms with E-state index in [0.29, 0.717) is 28.4 Å². The second kappa shape index (κ2) is 7.54. The molecule has 0 saturated heterocycles. The Morgan fingerprint density at radius 1 is 1.11 bits per heavy atom. The van der Waals surface area contributed by atoms with Crippen LogP contribution in [0.4, 0.5) is 0 Å². The lowest BCUT2D eigenvalue weighted by Crippen LogP contribution is -1.98. The third kappa shape index (κ3) is 3.65. The van der Waals surface area contributed by atoms with E-state index < -0.39 is 0 Å². The maximum Gasteiger partial charge on any atom is 0.163 e. The summed E-state index contributed by atoms with van der Waals surface area (Å²) in [6.07, 6.45) is 3.50. The van der Waals surface area contributed by atoms with Crippen molar-refractivity contribution in [3.63, 3.8) is 0 Å². The molecule has 0 spiro atoms. The number of carbonyl (C=O) groups excluding carboxylic acids is 1. The lowest BCUT2D eigenvalue weighted by Gasteiger charge is -2.13. The van der Waals surface area contributed by atoms with Crippen LogP contribution in [0.2, 0.25) is 0 Å². The molecule has 4 nitrogen and oxygen atoms in total. The third-order valence-corrected chi connectivity index (χ3v) is 4.39. The van der Waals surface area contributed by atoms with Gasteiger partial charge < -0.3 is 13.9 Å². The molecule has 0 aliphatic rings. The van der Waals surface area contributed by atoms with Crippen molar-refractivity contribution in [2.24, 2.45) is 0 Å². The SMILES string of the molecule is C=C/C=C(/Oc1ccc2c(C(C)=O)c(C)oc2c1)c1ccc(OC)cc1C. The van der Waals surface area contributed by atoms with Gasteiger partial charge >= 0.3 is 0 Å². The normalized spacial score (nSPS) is 11.5. The standard InChI is InChI=1S/C23H22O4/c1-6-7-21(19-10-8-17(25-5)12-14(19)2)27-18-9-11-20-22(13-18)26-16(4)23(20)15(3)24/h6-13H,1H2,2-5H3/b21-7+. The molecule has 3 aromatic rings.